The van der Waals surface area contributed by atoms with Gasteiger partial charge in [0.05, 0.1) is 27.8 Å². The van der Waals surface area contributed by atoms with Crippen molar-refractivity contribution >= 4 is 27.2 Å². The van der Waals surface area contributed by atoms with Crippen molar-refractivity contribution in [2.75, 3.05) is 5.32 Å². The van der Waals surface area contributed by atoms with Crippen molar-refractivity contribution in [2.24, 2.45) is 0 Å². The van der Waals surface area contributed by atoms with Crippen molar-refractivity contribution < 1.29 is 22.5 Å². The SMILES string of the molecule is Cc1c(C(=O)Nc2c3c(nn2-c2ccc(F)cc2)CS(=O)(=O)C3)cccc1[N+](=O)[O-]. The zero-order valence-electron chi connectivity index (χ0n) is 15.6. The molecule has 30 heavy (non-hydrogen) atoms. The van der Waals surface area contributed by atoms with E-state index in [-0.39, 0.29) is 34.1 Å². The van der Waals surface area contributed by atoms with Gasteiger partial charge in [-0.25, -0.2) is 17.5 Å². The van der Waals surface area contributed by atoms with Gasteiger partial charge in [-0.1, -0.05) is 6.07 Å². The number of nitro benzene ring substituents is 1. The number of rotatable bonds is 4. The summed E-state index contributed by atoms with van der Waals surface area (Å²) in [5.41, 5.74) is 1.11. The van der Waals surface area contributed by atoms with Crippen LogP contribution >= 0.6 is 0 Å². The van der Waals surface area contributed by atoms with Crippen LogP contribution in [0.2, 0.25) is 0 Å². The van der Waals surface area contributed by atoms with E-state index in [0.717, 1.165) is 0 Å². The van der Waals surface area contributed by atoms with Crippen molar-refractivity contribution in [3.05, 3.63) is 80.8 Å². The third-order valence-corrected chi connectivity index (χ3v) is 6.28. The van der Waals surface area contributed by atoms with Crippen LogP contribution in [0.5, 0.6) is 0 Å². The van der Waals surface area contributed by atoms with Crippen LogP contribution < -0.4 is 5.32 Å². The molecule has 0 spiro atoms. The lowest BCUT2D eigenvalue weighted by atomic mass is 10.1. The molecule has 1 aliphatic heterocycles. The van der Waals surface area contributed by atoms with Gasteiger partial charge in [-0.15, -0.1) is 0 Å². The van der Waals surface area contributed by atoms with Crippen LogP contribution in [0.1, 0.15) is 27.2 Å². The average Bonchev–Trinajstić information content (AvgIpc) is 3.15. The fraction of sp³-hybridized carbons (Fsp3) is 0.158. The van der Waals surface area contributed by atoms with E-state index in [9.17, 15) is 27.7 Å². The fourth-order valence-corrected chi connectivity index (χ4v) is 4.88. The molecule has 0 bridgehead atoms. The van der Waals surface area contributed by atoms with Gasteiger partial charge in [-0.2, -0.15) is 5.10 Å². The zero-order chi connectivity index (χ0) is 21.6. The summed E-state index contributed by atoms with van der Waals surface area (Å²) >= 11 is 0. The summed E-state index contributed by atoms with van der Waals surface area (Å²) in [6.07, 6.45) is 0. The van der Waals surface area contributed by atoms with Crippen molar-refractivity contribution in [1.82, 2.24) is 9.78 Å². The Bertz CT molecular complexity index is 1300. The highest BCUT2D eigenvalue weighted by atomic mass is 32.2. The first-order valence-electron chi connectivity index (χ1n) is 8.79. The highest BCUT2D eigenvalue weighted by Gasteiger charge is 2.33. The Kier molecular flexibility index (Phi) is 4.61. The maximum Gasteiger partial charge on any atom is 0.273 e. The van der Waals surface area contributed by atoms with Crippen molar-refractivity contribution in [3.8, 4) is 5.69 Å². The first-order chi connectivity index (χ1) is 14.2. The van der Waals surface area contributed by atoms with Gasteiger partial charge in [0.25, 0.3) is 11.6 Å². The Morgan fingerprint density at radius 2 is 1.90 bits per heavy atom. The molecule has 3 aromatic rings. The summed E-state index contributed by atoms with van der Waals surface area (Å²) in [4.78, 5) is 23.5. The minimum Gasteiger partial charge on any atom is -0.306 e. The molecule has 2 heterocycles. The molecular formula is C19H15FN4O5S. The van der Waals surface area contributed by atoms with Crippen LogP contribution in [0.25, 0.3) is 5.69 Å². The second-order valence-electron chi connectivity index (χ2n) is 6.86. The van der Waals surface area contributed by atoms with Crippen molar-refractivity contribution in [1.29, 1.82) is 0 Å². The predicted molar refractivity (Wildman–Crippen MR) is 106 cm³/mol. The molecular weight excluding hydrogens is 415 g/mol. The number of carbonyl (C=O) groups is 1. The van der Waals surface area contributed by atoms with Gasteiger partial charge in [0.15, 0.2) is 9.84 Å². The molecule has 0 saturated carbocycles. The van der Waals surface area contributed by atoms with Crippen LogP contribution in [0.15, 0.2) is 42.5 Å². The second kappa shape index (κ2) is 7.02. The number of nitrogens with zero attached hydrogens (tertiary/aromatic N) is 3. The van der Waals surface area contributed by atoms with E-state index in [4.69, 9.17) is 0 Å². The van der Waals surface area contributed by atoms with Gasteiger partial charge >= 0.3 is 0 Å². The Hall–Kier alpha value is -3.60. The normalized spacial score (nSPS) is 14.3. The van der Waals surface area contributed by atoms with Gasteiger partial charge in [0.2, 0.25) is 0 Å². The molecule has 0 saturated heterocycles. The number of nitro groups is 1. The lowest BCUT2D eigenvalue weighted by Gasteiger charge is -2.12. The number of benzene rings is 2. The van der Waals surface area contributed by atoms with E-state index in [1.165, 1.54) is 54.1 Å². The van der Waals surface area contributed by atoms with E-state index in [1.807, 2.05) is 0 Å². The Morgan fingerprint density at radius 1 is 1.20 bits per heavy atom. The zero-order valence-corrected chi connectivity index (χ0v) is 16.4. The summed E-state index contributed by atoms with van der Waals surface area (Å²) in [5.74, 6) is -1.54. The summed E-state index contributed by atoms with van der Waals surface area (Å²) in [7, 11) is -3.39. The molecule has 9 nitrogen and oxygen atoms in total. The molecule has 154 valence electrons. The second-order valence-corrected chi connectivity index (χ2v) is 8.92. The van der Waals surface area contributed by atoms with E-state index in [2.05, 4.69) is 10.4 Å². The monoisotopic (exact) mass is 430 g/mol. The summed E-state index contributed by atoms with van der Waals surface area (Å²) in [6, 6.07) is 9.45. The lowest BCUT2D eigenvalue weighted by molar-refractivity contribution is -0.385. The number of fused-ring (bicyclic) bond motifs is 1. The number of hydrogen-bond donors (Lipinski definition) is 1. The molecule has 0 aliphatic carbocycles. The number of sulfone groups is 1. The Morgan fingerprint density at radius 3 is 2.57 bits per heavy atom. The van der Waals surface area contributed by atoms with Crippen LogP contribution in [-0.2, 0) is 21.3 Å². The highest BCUT2D eigenvalue weighted by molar-refractivity contribution is 7.90. The quantitative estimate of drug-likeness (QED) is 0.501. The number of carbonyl (C=O) groups excluding carboxylic acids is 1. The maximum absolute atomic E-state index is 13.3. The number of anilines is 1. The minimum absolute atomic E-state index is 0.0747. The Labute approximate surface area is 170 Å². The molecule has 1 amide bonds. The van der Waals surface area contributed by atoms with Gasteiger partial charge in [-0.05, 0) is 37.3 Å². The number of nitrogens with one attached hydrogen (secondary N) is 1. The summed E-state index contributed by atoms with van der Waals surface area (Å²) in [5, 5.41) is 18.1. The van der Waals surface area contributed by atoms with E-state index in [1.54, 1.807) is 0 Å². The predicted octanol–water partition coefficient (Wildman–Crippen LogP) is 2.91. The van der Waals surface area contributed by atoms with Crippen LogP contribution in [-0.4, -0.2) is 29.0 Å². The minimum atomic E-state index is -3.39. The molecule has 11 heteroatoms. The van der Waals surface area contributed by atoms with E-state index < -0.39 is 26.5 Å². The van der Waals surface area contributed by atoms with Gasteiger partial charge in [0.1, 0.15) is 11.6 Å². The van der Waals surface area contributed by atoms with Gasteiger partial charge in [-0.3, -0.25) is 14.9 Å². The molecule has 1 aromatic heterocycles. The first kappa shape index (κ1) is 19.7. The fourth-order valence-electron chi connectivity index (χ4n) is 3.38. The molecule has 4 rings (SSSR count). The molecule has 1 N–H and O–H groups in total. The van der Waals surface area contributed by atoms with Crippen LogP contribution in [0.4, 0.5) is 15.9 Å². The van der Waals surface area contributed by atoms with Gasteiger partial charge in [0, 0.05) is 22.8 Å². The number of aromatic nitrogens is 2. The van der Waals surface area contributed by atoms with E-state index >= 15 is 0 Å². The number of hydrogen-bond acceptors (Lipinski definition) is 6. The van der Waals surface area contributed by atoms with Crippen molar-refractivity contribution in [3.63, 3.8) is 0 Å². The number of amides is 1. The standard InChI is InChI=1S/C19H15FN4O5S/c1-11-14(3-2-4-17(11)24(26)27)19(25)21-18-15-9-30(28,29)10-16(15)22-23(18)13-7-5-12(20)6-8-13/h2-8H,9-10H2,1H3,(H,21,25). The van der Waals surface area contributed by atoms with Gasteiger partial charge < -0.3 is 5.32 Å². The summed E-state index contributed by atoms with van der Waals surface area (Å²) < 4.78 is 38.7. The van der Waals surface area contributed by atoms with E-state index in [0.29, 0.717) is 16.9 Å². The number of halogens is 1. The van der Waals surface area contributed by atoms with Crippen LogP contribution in [0.3, 0.4) is 0 Å². The average molecular weight is 430 g/mol. The molecule has 0 atom stereocenters. The Balaban J connectivity index is 1.79. The lowest BCUT2D eigenvalue weighted by Crippen LogP contribution is -2.18. The third kappa shape index (κ3) is 3.43. The topological polar surface area (TPSA) is 124 Å². The van der Waals surface area contributed by atoms with Crippen molar-refractivity contribution in [2.45, 2.75) is 18.4 Å². The third-order valence-electron chi connectivity index (χ3n) is 4.84. The molecule has 1 aliphatic rings. The molecule has 0 fully saturated rings. The maximum atomic E-state index is 13.3. The molecule has 2 aromatic carbocycles. The smallest absolute Gasteiger partial charge is 0.273 e. The largest absolute Gasteiger partial charge is 0.306 e. The summed E-state index contributed by atoms with van der Waals surface area (Å²) in [6.45, 7) is 1.46. The van der Waals surface area contributed by atoms with Crippen LogP contribution in [0, 0.1) is 22.9 Å². The first-order valence-corrected chi connectivity index (χ1v) is 10.6. The highest BCUT2D eigenvalue weighted by Crippen LogP contribution is 2.33. The molecule has 0 unspecified atom stereocenters. The molecule has 0 radical (unpaired) electrons.